The van der Waals surface area contributed by atoms with Crippen LogP contribution in [0, 0.1) is 0 Å². The number of rotatable bonds is 7. The van der Waals surface area contributed by atoms with Crippen LogP contribution in [0.5, 0.6) is 5.75 Å². The summed E-state index contributed by atoms with van der Waals surface area (Å²) >= 11 is 0. The van der Waals surface area contributed by atoms with Gasteiger partial charge in [0.15, 0.2) is 0 Å². The van der Waals surface area contributed by atoms with E-state index in [0.717, 1.165) is 38.2 Å². The number of benzene rings is 1. The lowest BCUT2D eigenvalue weighted by Crippen LogP contribution is -2.33. The van der Waals surface area contributed by atoms with Crippen LogP contribution in [0.25, 0.3) is 0 Å². The van der Waals surface area contributed by atoms with Gasteiger partial charge in [0.2, 0.25) is 0 Å². The Bertz CT molecular complexity index is 402. The van der Waals surface area contributed by atoms with Crippen molar-refractivity contribution in [3.63, 3.8) is 0 Å². The normalized spacial score (nSPS) is 16.8. The van der Waals surface area contributed by atoms with Crippen molar-refractivity contribution in [2.24, 2.45) is 0 Å². The molecule has 0 spiro atoms. The number of methoxy groups -OCH3 is 1. The van der Waals surface area contributed by atoms with Gasteiger partial charge in [0.1, 0.15) is 5.75 Å². The highest BCUT2D eigenvalue weighted by Crippen LogP contribution is 2.35. The lowest BCUT2D eigenvalue weighted by Gasteiger charge is -2.28. The topological polar surface area (TPSA) is 30.5 Å². The maximum absolute atomic E-state index is 5.83. The van der Waals surface area contributed by atoms with Gasteiger partial charge in [0.05, 0.1) is 18.8 Å². The zero-order chi connectivity index (χ0) is 13.7. The van der Waals surface area contributed by atoms with E-state index in [4.69, 9.17) is 9.47 Å². The number of hydrogen-bond donors (Lipinski definition) is 1. The summed E-state index contributed by atoms with van der Waals surface area (Å²) in [5.41, 5.74) is 2.57. The number of hydrogen-bond acceptors (Lipinski definition) is 3. The first-order valence-corrected chi connectivity index (χ1v) is 7.32. The molecule has 0 bridgehead atoms. The molecule has 2 unspecified atom stereocenters. The van der Waals surface area contributed by atoms with Crippen LogP contribution in [0.15, 0.2) is 18.2 Å². The first-order chi connectivity index (χ1) is 9.31. The predicted molar refractivity (Wildman–Crippen MR) is 77.8 cm³/mol. The van der Waals surface area contributed by atoms with E-state index in [1.54, 1.807) is 7.11 Å². The highest BCUT2D eigenvalue weighted by molar-refractivity contribution is 5.46. The monoisotopic (exact) mass is 263 g/mol. The molecular weight excluding hydrogens is 238 g/mol. The molecule has 3 nitrogen and oxygen atoms in total. The van der Waals surface area contributed by atoms with Crippen LogP contribution >= 0.6 is 0 Å². The summed E-state index contributed by atoms with van der Waals surface area (Å²) in [6, 6.07) is 6.67. The molecule has 1 aliphatic rings. The molecule has 2 rings (SSSR count). The van der Waals surface area contributed by atoms with Crippen LogP contribution in [-0.2, 0) is 11.2 Å². The van der Waals surface area contributed by atoms with Gasteiger partial charge in [0, 0.05) is 19.1 Å². The Hall–Kier alpha value is -1.06. The smallest absolute Gasteiger partial charge is 0.127 e. The lowest BCUT2D eigenvalue weighted by molar-refractivity contribution is 0.0642. The van der Waals surface area contributed by atoms with Crippen molar-refractivity contribution >= 4 is 0 Å². The Morgan fingerprint density at radius 1 is 1.37 bits per heavy atom. The summed E-state index contributed by atoms with van der Waals surface area (Å²) in [5.74, 6) is 1.08. The van der Waals surface area contributed by atoms with Crippen molar-refractivity contribution < 1.29 is 9.47 Å². The van der Waals surface area contributed by atoms with Crippen LogP contribution in [0.1, 0.15) is 43.9 Å². The van der Waals surface area contributed by atoms with E-state index in [2.05, 4.69) is 37.4 Å². The second-order valence-corrected chi connectivity index (χ2v) is 5.05. The van der Waals surface area contributed by atoms with E-state index in [0.29, 0.717) is 0 Å². The minimum atomic E-state index is 0.183. The molecule has 1 N–H and O–H groups in total. The Morgan fingerprint density at radius 2 is 2.21 bits per heavy atom. The van der Waals surface area contributed by atoms with Gasteiger partial charge in [-0.3, -0.25) is 0 Å². The molecule has 1 heterocycles. The van der Waals surface area contributed by atoms with Crippen molar-refractivity contribution in [1.82, 2.24) is 5.32 Å². The van der Waals surface area contributed by atoms with E-state index >= 15 is 0 Å². The second kappa shape index (κ2) is 6.92. The van der Waals surface area contributed by atoms with Gasteiger partial charge in [-0.25, -0.2) is 0 Å². The lowest BCUT2D eigenvalue weighted by atomic mass is 9.96. The van der Waals surface area contributed by atoms with Gasteiger partial charge >= 0.3 is 0 Å². The van der Waals surface area contributed by atoms with Crippen molar-refractivity contribution in [1.29, 1.82) is 0 Å². The largest absolute Gasteiger partial charge is 0.493 e. The molecule has 0 saturated carbocycles. The Labute approximate surface area is 116 Å². The van der Waals surface area contributed by atoms with E-state index < -0.39 is 0 Å². The summed E-state index contributed by atoms with van der Waals surface area (Å²) in [6.07, 6.45) is 3.31. The molecule has 0 fully saturated rings. The zero-order valence-corrected chi connectivity index (χ0v) is 12.2. The van der Waals surface area contributed by atoms with E-state index in [1.165, 1.54) is 11.1 Å². The number of para-hydroxylation sites is 1. The number of ether oxygens (including phenoxy) is 2. The molecular formula is C16H25NO2. The average Bonchev–Trinajstić information content (AvgIpc) is 2.92. The summed E-state index contributed by atoms with van der Waals surface area (Å²) in [6.45, 7) is 6.15. The molecule has 1 aliphatic heterocycles. The fourth-order valence-corrected chi connectivity index (χ4v) is 2.77. The Balaban J connectivity index is 2.29. The maximum atomic E-state index is 5.83. The average molecular weight is 263 g/mol. The Morgan fingerprint density at radius 3 is 2.89 bits per heavy atom. The highest BCUT2D eigenvalue weighted by atomic mass is 16.5. The van der Waals surface area contributed by atoms with E-state index in [9.17, 15) is 0 Å². The second-order valence-electron chi connectivity index (χ2n) is 5.05. The van der Waals surface area contributed by atoms with Crippen molar-refractivity contribution in [3.05, 3.63) is 29.3 Å². The molecule has 0 radical (unpaired) electrons. The third-order valence-electron chi connectivity index (χ3n) is 3.77. The quantitative estimate of drug-likeness (QED) is 0.820. The van der Waals surface area contributed by atoms with Crippen LogP contribution < -0.4 is 10.1 Å². The fraction of sp³-hybridized carbons (Fsp3) is 0.625. The van der Waals surface area contributed by atoms with Crippen molar-refractivity contribution in [3.8, 4) is 5.75 Å². The zero-order valence-electron chi connectivity index (χ0n) is 12.2. The first kappa shape index (κ1) is 14.4. The molecule has 19 heavy (non-hydrogen) atoms. The van der Waals surface area contributed by atoms with Gasteiger partial charge in [-0.1, -0.05) is 32.0 Å². The van der Waals surface area contributed by atoms with Gasteiger partial charge < -0.3 is 14.8 Å². The molecule has 106 valence electrons. The van der Waals surface area contributed by atoms with Crippen molar-refractivity contribution in [2.75, 3.05) is 20.3 Å². The first-order valence-electron chi connectivity index (χ1n) is 7.32. The molecule has 1 aromatic carbocycles. The van der Waals surface area contributed by atoms with E-state index in [1.807, 2.05) is 0 Å². The van der Waals surface area contributed by atoms with Crippen LogP contribution in [0.3, 0.4) is 0 Å². The molecule has 0 aliphatic carbocycles. The minimum Gasteiger partial charge on any atom is -0.493 e. The third-order valence-corrected chi connectivity index (χ3v) is 3.77. The van der Waals surface area contributed by atoms with Crippen LogP contribution in [-0.4, -0.2) is 26.4 Å². The molecule has 2 atom stereocenters. The van der Waals surface area contributed by atoms with Gasteiger partial charge in [-0.2, -0.15) is 0 Å². The standard InChI is InChI=1S/C16H25NO2/c1-4-10-17-15(14(5-2)18-3)13-8-6-7-12-9-11-19-16(12)13/h6-8,14-15,17H,4-5,9-11H2,1-3H3. The summed E-state index contributed by atoms with van der Waals surface area (Å²) < 4.78 is 11.5. The predicted octanol–water partition coefficient (Wildman–Crippen LogP) is 3.09. The number of nitrogens with one attached hydrogen (secondary N) is 1. The third kappa shape index (κ3) is 3.10. The van der Waals surface area contributed by atoms with Crippen molar-refractivity contribution in [2.45, 2.75) is 45.3 Å². The van der Waals surface area contributed by atoms with Crippen LogP contribution in [0.2, 0.25) is 0 Å². The van der Waals surface area contributed by atoms with E-state index in [-0.39, 0.29) is 12.1 Å². The summed E-state index contributed by atoms with van der Waals surface area (Å²) in [4.78, 5) is 0. The molecule has 0 aromatic heterocycles. The SMILES string of the molecule is CCCNC(c1cccc2c1OCC2)C(CC)OC. The minimum absolute atomic E-state index is 0.183. The molecule has 0 saturated heterocycles. The fourth-order valence-electron chi connectivity index (χ4n) is 2.77. The van der Waals surface area contributed by atoms with Gasteiger partial charge in [0.25, 0.3) is 0 Å². The molecule has 3 heteroatoms. The summed E-state index contributed by atoms with van der Waals surface area (Å²) in [5, 5.41) is 3.61. The van der Waals surface area contributed by atoms with Crippen LogP contribution in [0.4, 0.5) is 0 Å². The highest BCUT2D eigenvalue weighted by Gasteiger charge is 2.27. The Kier molecular flexibility index (Phi) is 5.23. The maximum Gasteiger partial charge on any atom is 0.127 e. The van der Waals surface area contributed by atoms with Gasteiger partial charge in [-0.05, 0) is 24.9 Å². The molecule has 0 amide bonds. The number of fused-ring (bicyclic) bond motifs is 1. The molecule has 1 aromatic rings. The van der Waals surface area contributed by atoms with Gasteiger partial charge in [-0.15, -0.1) is 0 Å². The summed E-state index contributed by atoms with van der Waals surface area (Å²) in [7, 11) is 1.79.